The van der Waals surface area contributed by atoms with Crippen molar-refractivity contribution >= 4 is 18.0 Å². The van der Waals surface area contributed by atoms with E-state index in [9.17, 15) is 19.5 Å². The second kappa shape index (κ2) is 10.2. The van der Waals surface area contributed by atoms with Gasteiger partial charge >= 0.3 is 12.1 Å². The summed E-state index contributed by atoms with van der Waals surface area (Å²) >= 11 is 0. The number of likely N-dealkylation sites (tertiary alicyclic amines) is 1. The van der Waals surface area contributed by atoms with E-state index in [4.69, 9.17) is 4.74 Å². The van der Waals surface area contributed by atoms with Crippen LogP contribution in [-0.4, -0.2) is 57.5 Å². The van der Waals surface area contributed by atoms with Crippen molar-refractivity contribution in [2.45, 2.75) is 56.8 Å². The van der Waals surface area contributed by atoms with Gasteiger partial charge in [0, 0.05) is 12.0 Å². The highest BCUT2D eigenvalue weighted by molar-refractivity contribution is 5.90. The molecule has 0 saturated carbocycles. The van der Waals surface area contributed by atoms with E-state index in [0.717, 1.165) is 11.1 Å². The lowest BCUT2D eigenvalue weighted by Crippen LogP contribution is -2.66. The number of nitrogens with zero attached hydrogens (tertiary/aromatic N) is 2. The van der Waals surface area contributed by atoms with Gasteiger partial charge in [0.15, 0.2) is 0 Å². The van der Waals surface area contributed by atoms with E-state index in [1.807, 2.05) is 91.9 Å². The molecule has 0 aromatic heterocycles. The topological polar surface area (TPSA) is 87.2 Å². The largest absolute Gasteiger partial charge is 0.480 e. The van der Waals surface area contributed by atoms with Crippen LogP contribution in [0.5, 0.6) is 0 Å². The van der Waals surface area contributed by atoms with Crippen molar-refractivity contribution in [1.29, 1.82) is 0 Å². The molecule has 7 nitrogen and oxygen atoms in total. The second-order valence-corrected chi connectivity index (χ2v) is 10.4. The van der Waals surface area contributed by atoms with Crippen molar-refractivity contribution in [3.8, 4) is 0 Å². The number of rotatable bonds is 6. The van der Waals surface area contributed by atoms with Crippen LogP contribution >= 0.6 is 0 Å². The SMILES string of the molecule is CC1(C(C(=O)N2C[C@@H]3CC[C@H]([C@H]2C(=O)O)N3C(=O)OCc2ccccc2)c2ccccc2)C=CC=CC1. The molecule has 5 atom stereocenters. The lowest BCUT2D eigenvalue weighted by atomic mass is 9.69. The van der Waals surface area contributed by atoms with Crippen molar-refractivity contribution < 1.29 is 24.2 Å². The lowest BCUT2D eigenvalue weighted by Gasteiger charge is -2.47. The minimum absolute atomic E-state index is 0.115. The van der Waals surface area contributed by atoms with E-state index in [2.05, 4.69) is 0 Å². The number of carboxylic acids is 1. The molecule has 1 aliphatic carbocycles. The molecule has 2 aromatic rings. The summed E-state index contributed by atoms with van der Waals surface area (Å²) in [7, 11) is 0. The van der Waals surface area contributed by atoms with Crippen LogP contribution in [0.3, 0.4) is 0 Å². The molecule has 5 rings (SSSR count). The fourth-order valence-electron chi connectivity index (χ4n) is 6.13. The van der Waals surface area contributed by atoms with Crippen molar-refractivity contribution in [3.63, 3.8) is 0 Å². The molecule has 0 spiro atoms. The highest BCUT2D eigenvalue weighted by atomic mass is 16.6. The third-order valence-electron chi connectivity index (χ3n) is 7.93. The number of amides is 2. The number of piperazine rings is 1. The van der Waals surface area contributed by atoms with Crippen LogP contribution in [-0.2, 0) is 20.9 Å². The number of aliphatic carboxylic acids is 1. The smallest absolute Gasteiger partial charge is 0.410 e. The molecular formula is C30H32N2O5. The maximum Gasteiger partial charge on any atom is 0.410 e. The highest BCUT2D eigenvalue weighted by Gasteiger charge is 2.55. The van der Waals surface area contributed by atoms with Crippen LogP contribution in [0, 0.1) is 5.41 Å². The summed E-state index contributed by atoms with van der Waals surface area (Å²) in [6.45, 7) is 2.33. The van der Waals surface area contributed by atoms with E-state index in [-0.39, 0.29) is 25.1 Å². The molecule has 192 valence electrons. The Hall–Kier alpha value is -3.87. The van der Waals surface area contributed by atoms with Gasteiger partial charge in [-0.2, -0.15) is 0 Å². The predicted molar refractivity (Wildman–Crippen MR) is 139 cm³/mol. The second-order valence-electron chi connectivity index (χ2n) is 10.4. The van der Waals surface area contributed by atoms with Crippen molar-refractivity contribution in [1.82, 2.24) is 9.80 Å². The van der Waals surface area contributed by atoms with Crippen LogP contribution in [0.1, 0.15) is 43.2 Å². The van der Waals surface area contributed by atoms with E-state index in [0.29, 0.717) is 19.3 Å². The number of fused-ring (bicyclic) bond motifs is 2. The van der Waals surface area contributed by atoms with E-state index in [1.165, 1.54) is 4.90 Å². The van der Waals surface area contributed by atoms with Crippen molar-refractivity contribution in [2.24, 2.45) is 5.41 Å². The summed E-state index contributed by atoms with van der Waals surface area (Å²) in [4.78, 5) is 43.1. The van der Waals surface area contributed by atoms with Crippen LogP contribution in [0.25, 0.3) is 0 Å². The summed E-state index contributed by atoms with van der Waals surface area (Å²) in [5.41, 5.74) is 1.22. The van der Waals surface area contributed by atoms with E-state index < -0.39 is 35.5 Å². The van der Waals surface area contributed by atoms with Gasteiger partial charge in [0.05, 0.1) is 18.0 Å². The molecule has 1 N–H and O–H groups in total. The Kier molecular flexibility index (Phi) is 6.87. The molecule has 2 heterocycles. The van der Waals surface area contributed by atoms with Crippen LogP contribution in [0.4, 0.5) is 4.79 Å². The quantitative estimate of drug-likeness (QED) is 0.618. The van der Waals surface area contributed by atoms with Gasteiger partial charge in [-0.25, -0.2) is 9.59 Å². The van der Waals surface area contributed by atoms with Crippen molar-refractivity contribution in [3.05, 3.63) is 96.1 Å². The normalized spacial score (nSPS) is 27.1. The summed E-state index contributed by atoms with van der Waals surface area (Å²) in [6.07, 6.45) is 9.30. The van der Waals surface area contributed by atoms with Gasteiger partial charge < -0.3 is 14.7 Å². The minimum atomic E-state index is -1.13. The van der Waals surface area contributed by atoms with Gasteiger partial charge in [-0.05, 0) is 30.4 Å². The minimum Gasteiger partial charge on any atom is -0.480 e. The average molecular weight is 501 g/mol. The van der Waals surface area contributed by atoms with Crippen molar-refractivity contribution in [2.75, 3.05) is 6.54 Å². The Morgan fingerprint density at radius 3 is 2.38 bits per heavy atom. The van der Waals surface area contributed by atoms with Crippen LogP contribution < -0.4 is 0 Å². The summed E-state index contributed by atoms with van der Waals surface area (Å²) in [5, 5.41) is 10.3. The van der Waals surface area contributed by atoms with Gasteiger partial charge in [-0.1, -0.05) is 91.9 Å². The Balaban J connectivity index is 1.42. The van der Waals surface area contributed by atoms with Gasteiger partial charge in [-0.3, -0.25) is 9.69 Å². The first-order valence-electron chi connectivity index (χ1n) is 12.8. The Morgan fingerprint density at radius 1 is 1.03 bits per heavy atom. The first-order chi connectivity index (χ1) is 17.9. The molecule has 2 aliphatic heterocycles. The molecule has 2 bridgehead atoms. The third-order valence-corrected chi connectivity index (χ3v) is 7.93. The molecule has 2 aromatic carbocycles. The van der Waals surface area contributed by atoms with Gasteiger partial charge in [0.2, 0.25) is 5.91 Å². The maximum atomic E-state index is 14.3. The van der Waals surface area contributed by atoms with E-state index in [1.54, 1.807) is 4.90 Å². The molecule has 7 heteroatoms. The molecule has 2 unspecified atom stereocenters. The Labute approximate surface area is 217 Å². The number of carbonyl (C=O) groups is 3. The molecule has 2 saturated heterocycles. The summed E-state index contributed by atoms with van der Waals surface area (Å²) < 4.78 is 5.57. The Bertz CT molecular complexity index is 1210. The standard InChI is InChI=1S/C30H32N2O5/c1-30(17-9-4-10-18-30)25(22-13-7-3-8-14-22)27(33)31-19-23-15-16-24(26(31)28(34)35)32(23)29(36)37-20-21-11-5-2-6-12-21/h2-14,17,23-26H,15-16,18-20H2,1H3,(H,34,35)/t23-,24+,25?,26-,30?/m0/s1. The molecule has 2 fully saturated rings. The molecule has 2 amide bonds. The molecular weight excluding hydrogens is 468 g/mol. The lowest BCUT2D eigenvalue weighted by molar-refractivity contribution is -0.158. The van der Waals surface area contributed by atoms with Crippen LogP contribution in [0.2, 0.25) is 0 Å². The summed E-state index contributed by atoms with van der Waals surface area (Å²) in [5.74, 6) is -1.86. The number of carboxylic acid groups (broad SMARTS) is 1. The van der Waals surface area contributed by atoms with Gasteiger partial charge in [0.25, 0.3) is 0 Å². The Morgan fingerprint density at radius 2 is 1.73 bits per heavy atom. The fourth-order valence-corrected chi connectivity index (χ4v) is 6.13. The number of ether oxygens (including phenoxy) is 1. The zero-order valence-corrected chi connectivity index (χ0v) is 20.9. The number of allylic oxidation sites excluding steroid dienone is 4. The molecule has 0 radical (unpaired) electrons. The fraction of sp³-hybridized carbons (Fsp3) is 0.367. The third kappa shape index (κ3) is 4.78. The van der Waals surface area contributed by atoms with Crippen LogP contribution in [0.15, 0.2) is 85.0 Å². The predicted octanol–water partition coefficient (Wildman–Crippen LogP) is 4.76. The van der Waals surface area contributed by atoms with Gasteiger partial charge in [-0.15, -0.1) is 0 Å². The molecule has 37 heavy (non-hydrogen) atoms. The first-order valence-corrected chi connectivity index (χ1v) is 12.8. The highest BCUT2D eigenvalue weighted by Crippen LogP contribution is 2.45. The average Bonchev–Trinajstić information content (AvgIpc) is 3.21. The first kappa shape index (κ1) is 24.8. The number of carbonyl (C=O) groups excluding carboxylic acids is 2. The van der Waals surface area contributed by atoms with E-state index >= 15 is 0 Å². The maximum absolute atomic E-state index is 14.3. The zero-order valence-electron chi connectivity index (χ0n) is 20.9. The summed E-state index contributed by atoms with van der Waals surface area (Å²) in [6, 6.07) is 16.9. The molecule has 3 aliphatic rings. The van der Waals surface area contributed by atoms with Gasteiger partial charge in [0.1, 0.15) is 12.6 Å². The number of hydrogen-bond acceptors (Lipinski definition) is 4. The number of hydrogen-bond donors (Lipinski definition) is 1. The number of benzene rings is 2. The monoisotopic (exact) mass is 500 g/mol. The zero-order chi connectivity index (χ0) is 26.0.